The van der Waals surface area contributed by atoms with Crippen molar-refractivity contribution in [2.75, 3.05) is 13.1 Å². The van der Waals surface area contributed by atoms with Crippen LogP contribution in [-0.4, -0.2) is 29.9 Å². The van der Waals surface area contributed by atoms with E-state index in [4.69, 9.17) is 5.73 Å². The van der Waals surface area contributed by atoms with Gasteiger partial charge in [0.25, 0.3) is 5.91 Å². The molecule has 1 aliphatic heterocycles. The molecule has 0 aromatic heterocycles. The van der Waals surface area contributed by atoms with Crippen LogP contribution in [0.2, 0.25) is 0 Å². The largest absolute Gasteiger partial charge is 0.334 e. The van der Waals surface area contributed by atoms with Crippen molar-refractivity contribution in [1.29, 1.82) is 0 Å². The molecule has 0 radical (unpaired) electrons. The maximum absolute atomic E-state index is 13.4. The zero-order chi connectivity index (χ0) is 14.0. The Balaban J connectivity index is 2.22. The lowest BCUT2D eigenvalue weighted by atomic mass is 9.92. The van der Waals surface area contributed by atoms with Crippen LogP contribution < -0.4 is 5.73 Å². The molecule has 1 aromatic rings. The van der Waals surface area contributed by atoms with Gasteiger partial charge in [-0.2, -0.15) is 0 Å². The lowest BCUT2D eigenvalue weighted by molar-refractivity contribution is 0.0573. The molecule has 3 nitrogen and oxygen atoms in total. The summed E-state index contributed by atoms with van der Waals surface area (Å²) >= 11 is 0. The molecule has 2 rings (SSSR count). The van der Waals surface area contributed by atoms with E-state index < -0.39 is 0 Å². The first kappa shape index (κ1) is 14.0. The molecule has 0 spiro atoms. The van der Waals surface area contributed by atoms with Crippen molar-refractivity contribution in [3.8, 4) is 0 Å². The molecule has 0 aliphatic carbocycles. The van der Waals surface area contributed by atoms with Crippen LogP contribution in [0.25, 0.3) is 0 Å². The van der Waals surface area contributed by atoms with Gasteiger partial charge in [0.15, 0.2) is 0 Å². The molecule has 1 heterocycles. The predicted molar refractivity (Wildman–Crippen MR) is 73.4 cm³/mol. The summed E-state index contributed by atoms with van der Waals surface area (Å²) in [4.78, 5) is 14.3. The first-order chi connectivity index (χ1) is 9.01. The third kappa shape index (κ3) is 3.13. The molecule has 1 amide bonds. The number of carbonyl (C=O) groups is 1. The zero-order valence-corrected chi connectivity index (χ0v) is 11.5. The monoisotopic (exact) mass is 264 g/mol. The Labute approximate surface area is 113 Å². The normalized spacial score (nSPS) is 23.5. The van der Waals surface area contributed by atoms with Gasteiger partial charge in [0.2, 0.25) is 0 Å². The van der Waals surface area contributed by atoms with Crippen molar-refractivity contribution in [3.05, 3.63) is 35.1 Å². The predicted octanol–water partition coefficient (Wildman–Crippen LogP) is 2.33. The standard InChI is InChI=1S/C15H21FN2O/c1-10-3-4-18(14(7-10)9-17)15(19)12-5-11(2)6-13(16)8-12/h5-6,8,10,14H,3-4,7,9,17H2,1-2H3. The molecule has 1 fully saturated rings. The first-order valence-electron chi connectivity index (χ1n) is 6.79. The molecular formula is C15H21FN2O. The second kappa shape index (κ2) is 5.70. The third-order valence-corrected chi connectivity index (χ3v) is 3.80. The summed E-state index contributed by atoms with van der Waals surface area (Å²) in [6.45, 7) is 5.14. The second-order valence-electron chi connectivity index (χ2n) is 5.53. The van der Waals surface area contributed by atoms with Crippen molar-refractivity contribution < 1.29 is 9.18 Å². The number of benzene rings is 1. The van der Waals surface area contributed by atoms with Crippen molar-refractivity contribution in [1.82, 2.24) is 4.90 Å². The Morgan fingerprint density at radius 3 is 2.84 bits per heavy atom. The molecule has 4 heteroatoms. The molecular weight excluding hydrogens is 243 g/mol. The fraction of sp³-hybridized carbons (Fsp3) is 0.533. The SMILES string of the molecule is Cc1cc(F)cc(C(=O)N2CCC(C)CC2CN)c1. The highest BCUT2D eigenvalue weighted by atomic mass is 19.1. The summed E-state index contributed by atoms with van der Waals surface area (Å²) in [5, 5.41) is 0. The molecule has 2 N–H and O–H groups in total. The van der Waals surface area contributed by atoms with Gasteiger partial charge in [-0.05, 0) is 49.4 Å². The topological polar surface area (TPSA) is 46.3 Å². The highest BCUT2D eigenvalue weighted by molar-refractivity contribution is 5.94. The van der Waals surface area contributed by atoms with E-state index in [1.165, 1.54) is 12.1 Å². The van der Waals surface area contributed by atoms with Gasteiger partial charge in [-0.25, -0.2) is 4.39 Å². The summed E-state index contributed by atoms with van der Waals surface area (Å²) in [7, 11) is 0. The van der Waals surface area contributed by atoms with Crippen LogP contribution in [-0.2, 0) is 0 Å². The van der Waals surface area contributed by atoms with E-state index in [1.54, 1.807) is 17.9 Å². The molecule has 2 atom stereocenters. The minimum Gasteiger partial charge on any atom is -0.334 e. The summed E-state index contributed by atoms with van der Waals surface area (Å²) in [5.74, 6) is 0.120. The number of piperidine rings is 1. The summed E-state index contributed by atoms with van der Waals surface area (Å²) in [6, 6.07) is 4.53. The van der Waals surface area contributed by atoms with Gasteiger partial charge in [0.1, 0.15) is 5.82 Å². The second-order valence-corrected chi connectivity index (χ2v) is 5.53. The van der Waals surface area contributed by atoms with E-state index in [0.29, 0.717) is 24.6 Å². The third-order valence-electron chi connectivity index (χ3n) is 3.80. The van der Waals surface area contributed by atoms with E-state index >= 15 is 0 Å². The Hall–Kier alpha value is -1.42. The van der Waals surface area contributed by atoms with Crippen LogP contribution in [0, 0.1) is 18.7 Å². The van der Waals surface area contributed by atoms with E-state index in [1.807, 2.05) is 0 Å². The van der Waals surface area contributed by atoms with Gasteiger partial charge in [-0.15, -0.1) is 0 Å². The Morgan fingerprint density at radius 1 is 1.47 bits per heavy atom. The highest BCUT2D eigenvalue weighted by Gasteiger charge is 2.29. The van der Waals surface area contributed by atoms with Gasteiger partial charge in [0.05, 0.1) is 0 Å². The molecule has 0 bridgehead atoms. The van der Waals surface area contributed by atoms with Gasteiger partial charge in [-0.1, -0.05) is 6.92 Å². The fourth-order valence-electron chi connectivity index (χ4n) is 2.77. The smallest absolute Gasteiger partial charge is 0.254 e. The van der Waals surface area contributed by atoms with Crippen molar-refractivity contribution >= 4 is 5.91 Å². The maximum atomic E-state index is 13.4. The summed E-state index contributed by atoms with van der Waals surface area (Å²) < 4.78 is 13.4. The quantitative estimate of drug-likeness (QED) is 0.891. The Kier molecular flexibility index (Phi) is 4.20. The van der Waals surface area contributed by atoms with Crippen LogP contribution in [0.15, 0.2) is 18.2 Å². The number of aryl methyl sites for hydroxylation is 1. The average molecular weight is 264 g/mol. The number of carbonyl (C=O) groups excluding carboxylic acids is 1. The number of hydrogen-bond acceptors (Lipinski definition) is 2. The van der Waals surface area contributed by atoms with Crippen molar-refractivity contribution in [2.24, 2.45) is 11.7 Å². The first-order valence-corrected chi connectivity index (χ1v) is 6.79. The molecule has 1 aromatic carbocycles. The van der Waals surface area contributed by atoms with Crippen LogP contribution in [0.5, 0.6) is 0 Å². The Morgan fingerprint density at radius 2 is 2.21 bits per heavy atom. The highest BCUT2D eigenvalue weighted by Crippen LogP contribution is 2.24. The fourth-order valence-corrected chi connectivity index (χ4v) is 2.77. The molecule has 1 aliphatic rings. The van der Waals surface area contributed by atoms with Crippen LogP contribution in [0.3, 0.4) is 0 Å². The number of amides is 1. The lowest BCUT2D eigenvalue weighted by Gasteiger charge is -2.38. The number of hydrogen-bond donors (Lipinski definition) is 1. The van der Waals surface area contributed by atoms with Crippen LogP contribution >= 0.6 is 0 Å². The number of rotatable bonds is 2. The van der Waals surface area contributed by atoms with Crippen LogP contribution in [0.4, 0.5) is 4.39 Å². The van der Waals surface area contributed by atoms with E-state index in [2.05, 4.69) is 6.92 Å². The maximum Gasteiger partial charge on any atom is 0.254 e. The van der Waals surface area contributed by atoms with E-state index in [9.17, 15) is 9.18 Å². The molecule has 104 valence electrons. The number of likely N-dealkylation sites (tertiary alicyclic amines) is 1. The van der Waals surface area contributed by atoms with Crippen LogP contribution in [0.1, 0.15) is 35.7 Å². The number of halogens is 1. The minimum atomic E-state index is -0.363. The van der Waals surface area contributed by atoms with Crippen molar-refractivity contribution in [2.45, 2.75) is 32.7 Å². The average Bonchev–Trinajstić information content (AvgIpc) is 2.36. The van der Waals surface area contributed by atoms with E-state index in [0.717, 1.165) is 18.4 Å². The molecule has 0 saturated carbocycles. The molecule has 2 unspecified atom stereocenters. The van der Waals surface area contributed by atoms with Gasteiger partial charge in [-0.3, -0.25) is 4.79 Å². The van der Waals surface area contributed by atoms with Gasteiger partial charge < -0.3 is 10.6 Å². The van der Waals surface area contributed by atoms with Gasteiger partial charge >= 0.3 is 0 Å². The number of nitrogens with zero attached hydrogens (tertiary/aromatic N) is 1. The Bertz CT molecular complexity index is 455. The molecule has 1 saturated heterocycles. The summed E-state index contributed by atoms with van der Waals surface area (Å²) in [6.07, 6.45) is 1.91. The van der Waals surface area contributed by atoms with Crippen molar-refractivity contribution in [3.63, 3.8) is 0 Å². The van der Waals surface area contributed by atoms with E-state index in [-0.39, 0.29) is 17.8 Å². The summed E-state index contributed by atoms with van der Waals surface area (Å²) in [5.41, 5.74) is 6.95. The number of nitrogens with two attached hydrogens (primary N) is 1. The minimum absolute atomic E-state index is 0.0693. The lowest BCUT2D eigenvalue weighted by Crippen LogP contribution is -2.49. The van der Waals surface area contributed by atoms with Gasteiger partial charge in [0, 0.05) is 24.7 Å². The molecule has 19 heavy (non-hydrogen) atoms. The zero-order valence-electron chi connectivity index (χ0n) is 11.5.